The number of rotatable bonds is 11. The summed E-state index contributed by atoms with van der Waals surface area (Å²) in [5.41, 5.74) is 11.0. The van der Waals surface area contributed by atoms with Crippen LogP contribution in [0.25, 0.3) is 0 Å². The van der Waals surface area contributed by atoms with Crippen molar-refractivity contribution in [2.45, 2.75) is 45.2 Å². The van der Waals surface area contributed by atoms with Gasteiger partial charge in [-0.1, -0.05) is 32.0 Å². The first-order chi connectivity index (χ1) is 12.8. The fraction of sp³-hybridized carbons (Fsp3) is 0.474. The van der Waals surface area contributed by atoms with Gasteiger partial charge in [-0.2, -0.15) is 0 Å². The molecular formula is C19H30ClN5O3. The Bertz CT molecular complexity index is 648. The third-order valence-corrected chi connectivity index (χ3v) is 3.82. The second-order valence-electron chi connectivity index (χ2n) is 6.72. The first-order valence-corrected chi connectivity index (χ1v) is 9.00. The molecule has 0 fully saturated rings. The van der Waals surface area contributed by atoms with Crippen LogP contribution in [-0.4, -0.2) is 42.7 Å². The quantitative estimate of drug-likeness (QED) is 0.186. The summed E-state index contributed by atoms with van der Waals surface area (Å²) >= 11 is 0. The Hall–Kier alpha value is -2.61. The number of nitrogens with one attached hydrogen (secondary N) is 2. The molecule has 0 spiro atoms. The topological polar surface area (TPSA) is 140 Å². The van der Waals surface area contributed by atoms with Crippen LogP contribution >= 0.6 is 12.4 Å². The van der Waals surface area contributed by atoms with Crippen molar-refractivity contribution in [2.24, 2.45) is 22.4 Å². The lowest BCUT2D eigenvalue weighted by molar-refractivity contribution is -0.126. The van der Waals surface area contributed by atoms with E-state index in [1.54, 1.807) is 24.3 Å². The van der Waals surface area contributed by atoms with Gasteiger partial charge in [-0.3, -0.25) is 14.6 Å². The Morgan fingerprint density at radius 1 is 1.14 bits per heavy atom. The van der Waals surface area contributed by atoms with Crippen LogP contribution in [0, 0.1) is 5.92 Å². The van der Waals surface area contributed by atoms with Crippen molar-refractivity contribution >= 4 is 36.5 Å². The minimum Gasteiger partial charge on any atom is -0.370 e. The standard InChI is InChI=1S/C19H29N5O3.ClH/c1-13(2)11-16(24-17(26)14-7-4-3-5-8-14)18(27)23-15(12-25)9-6-10-22-19(20)21;/h3-5,7-8,12-13,15-16H,6,9-11H2,1-2H3,(H,23,27)(H,24,26)(H4,20,21,22);1H/t15-,16-;/m0./s1. The monoisotopic (exact) mass is 411 g/mol. The lowest BCUT2D eigenvalue weighted by Gasteiger charge is -2.22. The molecule has 156 valence electrons. The van der Waals surface area contributed by atoms with Crippen LogP contribution in [0.2, 0.25) is 0 Å². The summed E-state index contributed by atoms with van der Waals surface area (Å²) in [6, 6.07) is 7.30. The highest BCUT2D eigenvalue weighted by atomic mass is 35.5. The second kappa shape index (κ2) is 13.5. The van der Waals surface area contributed by atoms with Gasteiger partial charge in [0.05, 0.1) is 6.04 Å². The predicted molar refractivity (Wildman–Crippen MR) is 112 cm³/mol. The van der Waals surface area contributed by atoms with Crippen molar-refractivity contribution in [3.05, 3.63) is 35.9 Å². The molecule has 1 aromatic carbocycles. The Morgan fingerprint density at radius 2 is 1.79 bits per heavy atom. The minimum atomic E-state index is -0.724. The SMILES string of the molecule is CC(C)C[C@H](NC(=O)c1ccccc1)C(=O)N[C@H](C=O)CCCN=C(N)N.Cl. The third kappa shape index (κ3) is 9.91. The lowest BCUT2D eigenvalue weighted by atomic mass is 10.0. The number of benzene rings is 1. The number of amides is 2. The smallest absolute Gasteiger partial charge is 0.251 e. The minimum absolute atomic E-state index is 0. The van der Waals surface area contributed by atoms with Crippen molar-refractivity contribution in [2.75, 3.05) is 6.54 Å². The van der Waals surface area contributed by atoms with E-state index in [9.17, 15) is 14.4 Å². The van der Waals surface area contributed by atoms with Gasteiger partial charge in [0.25, 0.3) is 5.91 Å². The Morgan fingerprint density at radius 3 is 2.32 bits per heavy atom. The van der Waals surface area contributed by atoms with E-state index in [4.69, 9.17) is 11.5 Å². The first kappa shape index (κ1) is 25.4. The van der Waals surface area contributed by atoms with Crippen LogP contribution in [0.3, 0.4) is 0 Å². The molecule has 0 heterocycles. The largest absolute Gasteiger partial charge is 0.370 e. The number of aliphatic imine (C=N–C) groups is 1. The normalized spacial score (nSPS) is 12.2. The van der Waals surface area contributed by atoms with Crippen molar-refractivity contribution in [1.29, 1.82) is 0 Å². The molecule has 1 rings (SSSR count). The lowest BCUT2D eigenvalue weighted by Crippen LogP contribution is -2.50. The zero-order valence-electron chi connectivity index (χ0n) is 16.3. The fourth-order valence-corrected chi connectivity index (χ4v) is 2.51. The molecule has 8 nitrogen and oxygen atoms in total. The number of hydrogen-bond acceptors (Lipinski definition) is 4. The number of nitrogens with zero attached hydrogens (tertiary/aromatic N) is 1. The number of aldehydes is 1. The fourth-order valence-electron chi connectivity index (χ4n) is 2.51. The molecule has 2 amide bonds. The Labute approximate surface area is 171 Å². The average Bonchev–Trinajstić information content (AvgIpc) is 2.63. The van der Waals surface area contributed by atoms with Gasteiger partial charge < -0.3 is 26.9 Å². The third-order valence-electron chi connectivity index (χ3n) is 3.82. The second-order valence-corrected chi connectivity index (χ2v) is 6.72. The number of hydrogen-bond donors (Lipinski definition) is 4. The number of guanidine groups is 1. The molecule has 1 aromatic rings. The number of halogens is 1. The molecule has 0 saturated heterocycles. The molecule has 0 radical (unpaired) electrons. The summed E-state index contributed by atoms with van der Waals surface area (Å²) in [6.45, 7) is 4.30. The van der Waals surface area contributed by atoms with Crippen LogP contribution in [-0.2, 0) is 9.59 Å². The number of nitrogens with two attached hydrogens (primary N) is 2. The van der Waals surface area contributed by atoms with E-state index < -0.39 is 12.1 Å². The van der Waals surface area contributed by atoms with Crippen molar-refractivity contribution in [1.82, 2.24) is 10.6 Å². The molecule has 0 aromatic heterocycles. The van der Waals surface area contributed by atoms with E-state index in [2.05, 4.69) is 15.6 Å². The maximum Gasteiger partial charge on any atom is 0.251 e. The van der Waals surface area contributed by atoms with Crippen molar-refractivity contribution < 1.29 is 14.4 Å². The van der Waals surface area contributed by atoms with Crippen LogP contribution in [0.15, 0.2) is 35.3 Å². The Kier molecular flexibility index (Phi) is 12.3. The van der Waals surface area contributed by atoms with E-state index in [1.807, 2.05) is 19.9 Å². The molecular weight excluding hydrogens is 382 g/mol. The highest BCUT2D eigenvalue weighted by molar-refractivity contribution is 5.97. The van der Waals surface area contributed by atoms with E-state index in [1.165, 1.54) is 0 Å². The van der Waals surface area contributed by atoms with Gasteiger partial charge in [-0.25, -0.2) is 0 Å². The molecule has 0 aliphatic carbocycles. The van der Waals surface area contributed by atoms with Crippen molar-refractivity contribution in [3.8, 4) is 0 Å². The Balaban J connectivity index is 0.00000729. The predicted octanol–water partition coefficient (Wildman–Crippen LogP) is 0.990. The van der Waals surface area contributed by atoms with Crippen LogP contribution < -0.4 is 22.1 Å². The van der Waals surface area contributed by atoms with E-state index in [0.717, 1.165) is 0 Å². The molecule has 0 bridgehead atoms. The van der Waals surface area contributed by atoms with E-state index >= 15 is 0 Å². The van der Waals surface area contributed by atoms with Crippen molar-refractivity contribution in [3.63, 3.8) is 0 Å². The zero-order chi connectivity index (χ0) is 20.2. The summed E-state index contributed by atoms with van der Waals surface area (Å²) in [5, 5.41) is 5.44. The highest BCUT2D eigenvalue weighted by Gasteiger charge is 2.24. The maximum atomic E-state index is 12.6. The van der Waals surface area contributed by atoms with Gasteiger partial charge in [0.15, 0.2) is 5.96 Å². The van der Waals surface area contributed by atoms with Gasteiger partial charge in [0.1, 0.15) is 12.3 Å². The van der Waals surface area contributed by atoms with Gasteiger partial charge >= 0.3 is 0 Å². The van der Waals surface area contributed by atoms with Gasteiger partial charge in [-0.15, -0.1) is 12.4 Å². The van der Waals surface area contributed by atoms with Crippen LogP contribution in [0.4, 0.5) is 0 Å². The van der Waals surface area contributed by atoms with E-state index in [-0.39, 0.29) is 36.1 Å². The molecule has 0 unspecified atom stereocenters. The number of carbonyl (C=O) groups excluding carboxylic acids is 3. The highest BCUT2D eigenvalue weighted by Crippen LogP contribution is 2.08. The summed E-state index contributed by atoms with van der Waals surface area (Å²) in [6.07, 6.45) is 2.10. The summed E-state index contributed by atoms with van der Waals surface area (Å²) in [4.78, 5) is 40.1. The molecule has 0 aliphatic heterocycles. The molecule has 0 aliphatic rings. The van der Waals surface area contributed by atoms with Gasteiger partial charge in [-0.05, 0) is 37.3 Å². The van der Waals surface area contributed by atoms with E-state index in [0.29, 0.717) is 37.7 Å². The maximum absolute atomic E-state index is 12.6. The molecule has 2 atom stereocenters. The summed E-state index contributed by atoms with van der Waals surface area (Å²) in [5.74, 6) is -0.533. The van der Waals surface area contributed by atoms with Gasteiger partial charge in [0, 0.05) is 12.1 Å². The molecule has 6 N–H and O–H groups in total. The number of carbonyl (C=O) groups is 3. The van der Waals surface area contributed by atoms with Gasteiger partial charge in [0.2, 0.25) is 5.91 Å². The average molecular weight is 412 g/mol. The summed E-state index contributed by atoms with van der Waals surface area (Å²) in [7, 11) is 0. The van der Waals surface area contributed by atoms with Crippen LogP contribution in [0.5, 0.6) is 0 Å². The summed E-state index contributed by atoms with van der Waals surface area (Å²) < 4.78 is 0. The molecule has 28 heavy (non-hydrogen) atoms. The zero-order valence-corrected chi connectivity index (χ0v) is 17.1. The molecule has 9 heteroatoms. The first-order valence-electron chi connectivity index (χ1n) is 9.00. The van der Waals surface area contributed by atoms with Crippen LogP contribution in [0.1, 0.15) is 43.5 Å². The molecule has 0 saturated carbocycles.